The fourth-order valence-electron chi connectivity index (χ4n) is 3.90. The molecule has 1 atom stereocenters. The van der Waals surface area contributed by atoms with Gasteiger partial charge in [0.05, 0.1) is 5.69 Å². The number of hydrogen-bond acceptors (Lipinski definition) is 3. The topological polar surface area (TPSA) is 52.2 Å². The average Bonchev–Trinajstić information content (AvgIpc) is 2.84. The lowest BCUT2D eigenvalue weighted by atomic mass is 10.1. The Balaban J connectivity index is 1.55. The third-order valence-electron chi connectivity index (χ3n) is 5.66. The molecule has 27 heavy (non-hydrogen) atoms. The van der Waals surface area contributed by atoms with Gasteiger partial charge in [-0.05, 0) is 63.4 Å². The summed E-state index contributed by atoms with van der Waals surface area (Å²) in [6.45, 7) is 6.55. The van der Waals surface area contributed by atoms with Gasteiger partial charge in [-0.1, -0.05) is 23.7 Å². The molecule has 5 nitrogen and oxygen atoms in total. The van der Waals surface area contributed by atoms with Crippen LogP contribution in [-0.2, 0) is 17.8 Å². The molecule has 2 heterocycles. The van der Waals surface area contributed by atoms with Gasteiger partial charge in [0.1, 0.15) is 0 Å². The highest BCUT2D eigenvalue weighted by Crippen LogP contribution is 2.21. The molecule has 2 aromatic rings. The lowest BCUT2D eigenvalue weighted by molar-refractivity contribution is -0.131. The summed E-state index contributed by atoms with van der Waals surface area (Å²) in [5.41, 5.74) is 4.65. The van der Waals surface area contributed by atoms with Gasteiger partial charge in [0, 0.05) is 42.8 Å². The third kappa shape index (κ3) is 5.11. The normalized spacial score (nSPS) is 18.2. The van der Waals surface area contributed by atoms with E-state index in [9.17, 15) is 4.79 Å². The molecule has 3 rings (SSSR count). The number of rotatable bonds is 6. The van der Waals surface area contributed by atoms with Crippen molar-refractivity contribution in [1.29, 1.82) is 0 Å². The van der Waals surface area contributed by atoms with Crippen molar-refractivity contribution in [1.82, 2.24) is 20.0 Å². The highest BCUT2D eigenvalue weighted by molar-refractivity contribution is 6.30. The Morgan fingerprint density at radius 3 is 2.85 bits per heavy atom. The number of H-pyrrole nitrogens is 1. The molecule has 0 bridgehead atoms. The Kier molecular flexibility index (Phi) is 6.55. The molecule has 1 aromatic heterocycles. The Bertz CT molecular complexity index is 769. The van der Waals surface area contributed by atoms with Crippen LogP contribution in [0.15, 0.2) is 24.3 Å². The number of aromatic nitrogens is 2. The summed E-state index contributed by atoms with van der Waals surface area (Å²) in [6, 6.07) is 8.22. The van der Waals surface area contributed by atoms with Crippen LogP contribution in [0.2, 0.25) is 5.02 Å². The zero-order valence-electron chi connectivity index (χ0n) is 16.5. The van der Waals surface area contributed by atoms with Crippen LogP contribution in [0.1, 0.15) is 41.8 Å². The number of likely N-dealkylation sites (tertiary alicyclic amines) is 1. The molecule has 0 spiro atoms. The number of benzene rings is 1. The molecular weight excluding hydrogens is 360 g/mol. The maximum Gasteiger partial charge on any atom is 0.222 e. The zero-order valence-corrected chi connectivity index (χ0v) is 17.2. The minimum atomic E-state index is 0.243. The summed E-state index contributed by atoms with van der Waals surface area (Å²) in [4.78, 5) is 16.9. The molecule has 1 N–H and O–H groups in total. The van der Waals surface area contributed by atoms with Gasteiger partial charge in [0.15, 0.2) is 0 Å². The first kappa shape index (κ1) is 19.9. The number of carbonyl (C=O) groups is 1. The fourth-order valence-corrected chi connectivity index (χ4v) is 4.11. The summed E-state index contributed by atoms with van der Waals surface area (Å²) in [7, 11) is 2.17. The number of aromatic amines is 1. The molecule has 1 saturated heterocycles. The predicted octanol–water partition coefficient (Wildman–Crippen LogP) is 3.74. The summed E-state index contributed by atoms with van der Waals surface area (Å²) in [5, 5.41) is 8.06. The van der Waals surface area contributed by atoms with Gasteiger partial charge in [0.25, 0.3) is 0 Å². The van der Waals surface area contributed by atoms with Gasteiger partial charge < -0.3 is 9.80 Å². The molecular formula is C21H29ClN4O. The predicted molar refractivity (Wildman–Crippen MR) is 109 cm³/mol. The maximum absolute atomic E-state index is 12.6. The fraction of sp³-hybridized carbons (Fsp3) is 0.524. The van der Waals surface area contributed by atoms with E-state index in [1.807, 2.05) is 29.2 Å². The summed E-state index contributed by atoms with van der Waals surface area (Å²) in [5.74, 6) is 0.243. The molecule has 0 saturated carbocycles. The highest BCUT2D eigenvalue weighted by Gasteiger charge is 2.25. The smallest absolute Gasteiger partial charge is 0.222 e. The third-order valence-corrected chi connectivity index (χ3v) is 5.89. The lowest BCUT2D eigenvalue weighted by Crippen LogP contribution is -2.34. The molecule has 1 aromatic carbocycles. The van der Waals surface area contributed by atoms with Crippen LogP contribution in [0.5, 0.6) is 0 Å². The Morgan fingerprint density at radius 1 is 1.33 bits per heavy atom. The summed E-state index contributed by atoms with van der Waals surface area (Å²) < 4.78 is 0. The molecule has 0 aliphatic carbocycles. The number of hydrogen-bond donors (Lipinski definition) is 1. The van der Waals surface area contributed by atoms with Crippen molar-refractivity contribution in [3.63, 3.8) is 0 Å². The number of likely N-dealkylation sites (N-methyl/N-ethyl adjacent to an activating group) is 1. The zero-order chi connectivity index (χ0) is 19.4. The van der Waals surface area contributed by atoms with Gasteiger partial charge >= 0.3 is 0 Å². The second-order valence-electron chi connectivity index (χ2n) is 7.57. The molecule has 1 aliphatic heterocycles. The lowest BCUT2D eigenvalue weighted by Gasteiger charge is -2.27. The standard InChI is InChI=1S/C21H29ClN4O/c1-15-20(16(2)24-23-15)10-11-25(3)19-7-8-21(27)26(12-9-19)14-17-5-4-6-18(22)13-17/h4-6,13,19H,7-12,14H2,1-3H3,(H,23,24). The van der Waals surface area contributed by atoms with Crippen molar-refractivity contribution in [2.75, 3.05) is 20.1 Å². The first-order valence-electron chi connectivity index (χ1n) is 9.67. The number of aryl methyl sites for hydroxylation is 2. The monoisotopic (exact) mass is 388 g/mol. The van der Waals surface area contributed by atoms with Crippen LogP contribution in [0.4, 0.5) is 0 Å². The minimum absolute atomic E-state index is 0.243. The van der Waals surface area contributed by atoms with Gasteiger partial charge in [-0.15, -0.1) is 0 Å². The van der Waals surface area contributed by atoms with E-state index in [0.717, 1.165) is 54.3 Å². The molecule has 1 aliphatic rings. The first-order valence-corrected chi connectivity index (χ1v) is 10.0. The van der Waals surface area contributed by atoms with E-state index in [1.165, 1.54) is 5.56 Å². The van der Waals surface area contributed by atoms with Crippen molar-refractivity contribution in [2.45, 2.75) is 52.1 Å². The van der Waals surface area contributed by atoms with Crippen molar-refractivity contribution >= 4 is 17.5 Å². The molecule has 1 fully saturated rings. The first-order chi connectivity index (χ1) is 12.9. The van der Waals surface area contributed by atoms with Gasteiger partial charge in [-0.2, -0.15) is 5.10 Å². The van der Waals surface area contributed by atoms with Crippen LogP contribution in [0.25, 0.3) is 0 Å². The number of nitrogens with one attached hydrogen (secondary N) is 1. The van der Waals surface area contributed by atoms with Crippen LogP contribution in [-0.4, -0.2) is 52.1 Å². The van der Waals surface area contributed by atoms with Gasteiger partial charge in [0.2, 0.25) is 5.91 Å². The van der Waals surface area contributed by atoms with E-state index in [0.29, 0.717) is 19.0 Å². The molecule has 6 heteroatoms. The van der Waals surface area contributed by atoms with Gasteiger partial charge in [-0.3, -0.25) is 9.89 Å². The Hall–Kier alpha value is -1.85. The largest absolute Gasteiger partial charge is 0.338 e. The Morgan fingerprint density at radius 2 is 2.15 bits per heavy atom. The van der Waals surface area contributed by atoms with Crippen LogP contribution in [0.3, 0.4) is 0 Å². The van der Waals surface area contributed by atoms with Crippen LogP contribution in [0, 0.1) is 13.8 Å². The quantitative estimate of drug-likeness (QED) is 0.820. The van der Waals surface area contributed by atoms with Crippen LogP contribution >= 0.6 is 11.6 Å². The Labute approximate surface area is 166 Å². The van der Waals surface area contributed by atoms with Crippen molar-refractivity contribution in [2.24, 2.45) is 0 Å². The maximum atomic E-state index is 12.6. The molecule has 1 amide bonds. The number of carbonyl (C=O) groups excluding carboxylic acids is 1. The van der Waals surface area contributed by atoms with Gasteiger partial charge in [-0.25, -0.2) is 0 Å². The molecule has 146 valence electrons. The van der Waals surface area contributed by atoms with Crippen molar-refractivity contribution in [3.8, 4) is 0 Å². The number of halogens is 1. The minimum Gasteiger partial charge on any atom is -0.338 e. The SMILES string of the molecule is Cc1n[nH]c(C)c1CCN(C)C1CCC(=O)N(Cc2cccc(Cl)c2)CC1. The second-order valence-corrected chi connectivity index (χ2v) is 8.01. The molecule has 0 radical (unpaired) electrons. The highest BCUT2D eigenvalue weighted by atomic mass is 35.5. The van der Waals surface area contributed by atoms with E-state index in [-0.39, 0.29) is 5.91 Å². The van der Waals surface area contributed by atoms with E-state index in [4.69, 9.17) is 11.6 Å². The van der Waals surface area contributed by atoms with Crippen molar-refractivity contribution in [3.05, 3.63) is 51.8 Å². The second kappa shape index (κ2) is 8.89. The van der Waals surface area contributed by atoms with Crippen molar-refractivity contribution < 1.29 is 4.79 Å². The van der Waals surface area contributed by atoms with E-state index in [1.54, 1.807) is 0 Å². The average molecular weight is 389 g/mol. The number of amides is 1. The van der Waals surface area contributed by atoms with E-state index >= 15 is 0 Å². The summed E-state index contributed by atoms with van der Waals surface area (Å²) in [6.07, 6.45) is 3.53. The molecule has 1 unspecified atom stereocenters. The van der Waals surface area contributed by atoms with E-state index in [2.05, 4.69) is 36.0 Å². The van der Waals surface area contributed by atoms with E-state index < -0.39 is 0 Å². The van der Waals surface area contributed by atoms with Crippen LogP contribution < -0.4 is 0 Å². The summed E-state index contributed by atoms with van der Waals surface area (Å²) >= 11 is 6.08. The number of nitrogens with zero attached hydrogens (tertiary/aromatic N) is 3.